The highest BCUT2D eigenvalue weighted by atomic mass is 35.5. The summed E-state index contributed by atoms with van der Waals surface area (Å²) < 4.78 is 24.6. The van der Waals surface area contributed by atoms with E-state index in [9.17, 15) is 23.9 Å². The van der Waals surface area contributed by atoms with Gasteiger partial charge in [0.05, 0.1) is 28.9 Å². The number of nitrogens with zero attached hydrogens (tertiary/aromatic N) is 1. The summed E-state index contributed by atoms with van der Waals surface area (Å²) in [6, 6.07) is 24.0. The minimum Gasteiger partial charge on any atom is -0.425 e. The van der Waals surface area contributed by atoms with Crippen LogP contribution >= 0.6 is 11.6 Å². The van der Waals surface area contributed by atoms with E-state index in [-0.39, 0.29) is 34.2 Å². The van der Waals surface area contributed by atoms with Gasteiger partial charge in [-0.3, -0.25) is 9.59 Å². The number of aliphatic hydroxyl groups is 1. The zero-order valence-corrected chi connectivity index (χ0v) is 24.0. The van der Waals surface area contributed by atoms with Crippen molar-refractivity contribution in [2.24, 2.45) is 0 Å². The lowest BCUT2D eigenvalue weighted by atomic mass is 9.99. The molecule has 1 amide bonds. The lowest BCUT2D eigenvalue weighted by Gasteiger charge is -2.26. The second-order valence-corrected chi connectivity index (χ2v) is 10.1. The monoisotopic (exact) mass is 589 g/mol. The van der Waals surface area contributed by atoms with Crippen molar-refractivity contribution in [1.29, 1.82) is 0 Å². The van der Waals surface area contributed by atoms with Crippen LogP contribution in [0.15, 0.2) is 91.0 Å². The Balaban J connectivity index is 1.57. The number of anilines is 2. The molecule has 0 aliphatic carbocycles. The minimum absolute atomic E-state index is 0.0905. The van der Waals surface area contributed by atoms with Gasteiger partial charge in [-0.1, -0.05) is 66.2 Å². The van der Waals surface area contributed by atoms with Crippen LogP contribution in [-0.2, 0) is 14.3 Å². The van der Waals surface area contributed by atoms with Gasteiger partial charge in [0.2, 0.25) is 6.29 Å². The Morgan fingerprint density at radius 3 is 2.21 bits per heavy atom. The zero-order chi connectivity index (χ0) is 30.4. The van der Waals surface area contributed by atoms with Crippen molar-refractivity contribution in [3.05, 3.63) is 130 Å². The van der Waals surface area contributed by atoms with E-state index in [0.717, 1.165) is 10.5 Å². The first kappa shape index (κ1) is 30.4. The summed E-state index contributed by atoms with van der Waals surface area (Å²) in [7, 11) is 0. The van der Waals surface area contributed by atoms with Gasteiger partial charge in [-0.25, -0.2) is 14.1 Å². The molecular weight excluding hydrogens is 561 g/mol. The van der Waals surface area contributed by atoms with Gasteiger partial charge in [-0.15, -0.1) is 0 Å². The molecule has 216 valence electrons. The summed E-state index contributed by atoms with van der Waals surface area (Å²) in [6.07, 6.45) is -3.71. The van der Waals surface area contributed by atoms with Crippen molar-refractivity contribution in [3.63, 3.8) is 0 Å². The van der Waals surface area contributed by atoms with Crippen LogP contribution in [0.3, 0.4) is 0 Å². The molecule has 0 spiro atoms. The fraction of sp³-hybridized carbons (Fsp3) is 0.182. The number of hydrogen-bond donors (Lipinski definition) is 1. The van der Waals surface area contributed by atoms with Crippen LogP contribution in [0.5, 0.6) is 0 Å². The first-order valence-corrected chi connectivity index (χ1v) is 13.5. The highest BCUT2D eigenvalue weighted by Crippen LogP contribution is 2.34. The van der Waals surface area contributed by atoms with Crippen LogP contribution in [0.4, 0.5) is 20.6 Å². The summed E-state index contributed by atoms with van der Waals surface area (Å²) >= 11 is 6.55. The van der Waals surface area contributed by atoms with Gasteiger partial charge in [0.1, 0.15) is 5.82 Å². The third-order valence-corrected chi connectivity index (χ3v) is 6.85. The van der Waals surface area contributed by atoms with Crippen LogP contribution in [-0.4, -0.2) is 29.2 Å². The first-order chi connectivity index (χ1) is 20.0. The number of ketones is 1. The molecule has 0 saturated heterocycles. The molecule has 0 saturated carbocycles. The highest BCUT2D eigenvalue weighted by Gasteiger charge is 2.27. The number of carbonyl (C=O) groups excluding carboxylic acids is 3. The molecule has 42 heavy (non-hydrogen) atoms. The molecular formula is C33H29ClFNO6. The van der Waals surface area contributed by atoms with Crippen LogP contribution in [0.2, 0.25) is 5.02 Å². The average Bonchev–Trinajstić information content (AvgIpc) is 2.94. The van der Waals surface area contributed by atoms with E-state index in [1.165, 1.54) is 43.3 Å². The number of benzene rings is 4. The molecule has 0 aromatic heterocycles. The van der Waals surface area contributed by atoms with Crippen LogP contribution in [0, 0.1) is 19.7 Å². The number of amides is 1. The number of aliphatic hydroxyl groups excluding tert-OH is 1. The first-order valence-electron chi connectivity index (χ1n) is 13.1. The quantitative estimate of drug-likeness (QED) is 0.123. The maximum absolute atomic E-state index is 13.9. The van der Waals surface area contributed by atoms with Crippen molar-refractivity contribution in [2.75, 3.05) is 4.90 Å². The summed E-state index contributed by atoms with van der Waals surface area (Å²) in [5.74, 6) is -1.56. The molecule has 2 atom stereocenters. The smallest absolute Gasteiger partial charge is 0.422 e. The average molecular weight is 590 g/mol. The lowest BCUT2D eigenvalue weighted by molar-refractivity contribution is -0.166. The molecule has 4 aromatic carbocycles. The predicted octanol–water partition coefficient (Wildman–Crippen LogP) is 7.61. The van der Waals surface area contributed by atoms with Crippen molar-refractivity contribution in [3.8, 4) is 0 Å². The van der Waals surface area contributed by atoms with Crippen LogP contribution in [0.1, 0.15) is 52.1 Å². The van der Waals surface area contributed by atoms with Gasteiger partial charge >= 0.3 is 12.1 Å². The lowest BCUT2D eigenvalue weighted by Crippen LogP contribution is -2.32. The van der Waals surface area contributed by atoms with E-state index in [1.54, 1.807) is 49.4 Å². The molecule has 2 unspecified atom stereocenters. The molecule has 7 nitrogen and oxygen atoms in total. The number of halogens is 2. The third kappa shape index (κ3) is 7.21. The van der Waals surface area contributed by atoms with Crippen molar-refractivity contribution in [1.82, 2.24) is 0 Å². The Morgan fingerprint density at radius 1 is 0.857 bits per heavy atom. The molecule has 4 aromatic rings. The van der Waals surface area contributed by atoms with E-state index in [1.807, 2.05) is 19.1 Å². The number of ether oxygens (including phenoxy) is 2. The number of hydrogen-bond acceptors (Lipinski definition) is 6. The third-order valence-electron chi connectivity index (χ3n) is 6.54. The van der Waals surface area contributed by atoms with E-state index < -0.39 is 30.3 Å². The Morgan fingerprint density at radius 2 is 1.55 bits per heavy atom. The van der Waals surface area contributed by atoms with Gasteiger partial charge in [0, 0.05) is 18.1 Å². The number of carbonyl (C=O) groups is 3. The van der Waals surface area contributed by atoms with Gasteiger partial charge in [0.25, 0.3) is 0 Å². The van der Waals surface area contributed by atoms with Gasteiger partial charge < -0.3 is 14.6 Å². The number of rotatable bonds is 9. The van der Waals surface area contributed by atoms with Crippen molar-refractivity contribution >= 4 is 40.8 Å². The molecule has 0 fully saturated rings. The Labute approximate surface area is 248 Å². The zero-order valence-electron chi connectivity index (χ0n) is 23.2. The molecule has 0 heterocycles. The molecule has 0 aliphatic heterocycles. The topological polar surface area (TPSA) is 93.1 Å². The maximum atomic E-state index is 13.9. The van der Waals surface area contributed by atoms with Gasteiger partial charge in [-0.2, -0.15) is 0 Å². The number of aryl methyl sites for hydroxylation is 2. The summed E-state index contributed by atoms with van der Waals surface area (Å²) in [5.41, 5.74) is 2.99. The van der Waals surface area contributed by atoms with Crippen molar-refractivity contribution in [2.45, 2.75) is 39.6 Å². The second kappa shape index (κ2) is 13.4. The van der Waals surface area contributed by atoms with Crippen LogP contribution < -0.4 is 4.90 Å². The summed E-state index contributed by atoms with van der Waals surface area (Å²) in [6.45, 7) is 4.79. The van der Waals surface area contributed by atoms with E-state index in [0.29, 0.717) is 16.7 Å². The largest absolute Gasteiger partial charge is 0.425 e. The van der Waals surface area contributed by atoms with Gasteiger partial charge in [0.15, 0.2) is 5.78 Å². The predicted molar refractivity (Wildman–Crippen MR) is 157 cm³/mol. The number of esters is 1. The van der Waals surface area contributed by atoms with E-state index in [2.05, 4.69) is 0 Å². The molecule has 0 bridgehead atoms. The van der Waals surface area contributed by atoms with Gasteiger partial charge in [-0.05, 0) is 66.9 Å². The Bertz CT molecular complexity index is 1610. The molecule has 9 heteroatoms. The van der Waals surface area contributed by atoms with E-state index in [4.69, 9.17) is 21.1 Å². The SMILES string of the molecule is Cc1ccccc1C(=O)c1ccc(N(C(=O)OC(C)OC(=O)CC(O)c2ccccc2)c2ccc(F)cc2C)cc1Cl. The highest BCUT2D eigenvalue weighted by molar-refractivity contribution is 6.35. The summed E-state index contributed by atoms with van der Waals surface area (Å²) in [5, 5.41) is 10.4. The van der Waals surface area contributed by atoms with Crippen molar-refractivity contribution < 1.29 is 33.4 Å². The fourth-order valence-electron chi connectivity index (χ4n) is 4.42. The minimum atomic E-state index is -1.33. The standard InChI is InChI=1S/C33H29ClFNO6/c1-20-9-7-8-12-26(20)32(39)27-15-14-25(18-28(27)34)36(29-16-13-24(35)17-21(29)2)33(40)42-22(3)41-31(38)19-30(37)23-10-5-4-6-11-23/h4-18,22,30,37H,19H2,1-3H3. The molecule has 0 radical (unpaired) electrons. The molecule has 0 aliphatic rings. The van der Waals surface area contributed by atoms with E-state index >= 15 is 0 Å². The second-order valence-electron chi connectivity index (χ2n) is 9.65. The fourth-order valence-corrected chi connectivity index (χ4v) is 4.68. The van der Waals surface area contributed by atoms with Crippen LogP contribution in [0.25, 0.3) is 0 Å². The Hall–Kier alpha value is -4.53. The molecule has 1 N–H and O–H groups in total. The maximum Gasteiger partial charge on any atom is 0.422 e. The molecule has 4 rings (SSSR count). The summed E-state index contributed by atoms with van der Waals surface area (Å²) in [4.78, 5) is 40.2. The Kier molecular flexibility index (Phi) is 9.72. The normalized spacial score (nSPS) is 12.2.